The molecule has 0 aliphatic carbocycles. The molecule has 1 aromatic carbocycles. The van der Waals surface area contributed by atoms with Crippen LogP contribution in [0.15, 0.2) is 22.7 Å². The zero-order valence-corrected chi connectivity index (χ0v) is 9.72. The fraction of sp³-hybridized carbons (Fsp3) is 0.400. The van der Waals surface area contributed by atoms with E-state index in [1.807, 2.05) is 0 Å². The van der Waals surface area contributed by atoms with E-state index in [2.05, 4.69) is 15.9 Å². The average molecular weight is 281 g/mol. The SMILES string of the molecule is COc1ccc(C(F)(F)CCO)c(Br)c1. The molecular formula is C10H11BrF2O2. The molecule has 1 N–H and O–H groups in total. The molecule has 0 atom stereocenters. The quantitative estimate of drug-likeness (QED) is 0.919. The lowest BCUT2D eigenvalue weighted by atomic mass is 10.1. The highest BCUT2D eigenvalue weighted by molar-refractivity contribution is 9.10. The summed E-state index contributed by atoms with van der Waals surface area (Å²) < 4.78 is 32.0. The van der Waals surface area contributed by atoms with Gasteiger partial charge in [-0.15, -0.1) is 0 Å². The smallest absolute Gasteiger partial charge is 0.276 e. The lowest BCUT2D eigenvalue weighted by Crippen LogP contribution is -2.15. The second-order valence-electron chi connectivity index (χ2n) is 3.02. The van der Waals surface area contributed by atoms with Gasteiger partial charge in [-0.2, -0.15) is 0 Å². The molecule has 0 radical (unpaired) electrons. The summed E-state index contributed by atoms with van der Waals surface area (Å²) in [4.78, 5) is 0. The van der Waals surface area contributed by atoms with Crippen molar-refractivity contribution in [3.8, 4) is 5.75 Å². The number of aliphatic hydroxyl groups excluding tert-OH is 1. The minimum Gasteiger partial charge on any atom is -0.497 e. The Morgan fingerprint density at radius 3 is 2.60 bits per heavy atom. The molecule has 0 saturated heterocycles. The average Bonchev–Trinajstić information content (AvgIpc) is 2.17. The number of hydrogen-bond donors (Lipinski definition) is 1. The van der Waals surface area contributed by atoms with E-state index in [0.717, 1.165) is 0 Å². The molecule has 1 aromatic rings. The van der Waals surface area contributed by atoms with Crippen LogP contribution in [-0.4, -0.2) is 18.8 Å². The molecular weight excluding hydrogens is 270 g/mol. The Balaban J connectivity index is 3.04. The van der Waals surface area contributed by atoms with Gasteiger partial charge in [0.15, 0.2) is 0 Å². The molecule has 0 aromatic heterocycles. The first-order valence-electron chi connectivity index (χ1n) is 4.34. The van der Waals surface area contributed by atoms with Crippen molar-refractivity contribution >= 4 is 15.9 Å². The molecule has 0 heterocycles. The molecule has 1 rings (SSSR count). The van der Waals surface area contributed by atoms with Crippen molar-refractivity contribution in [3.63, 3.8) is 0 Å². The van der Waals surface area contributed by atoms with Crippen LogP contribution in [0.2, 0.25) is 0 Å². The summed E-state index contributed by atoms with van der Waals surface area (Å²) in [6, 6.07) is 4.23. The minimum absolute atomic E-state index is 0.141. The largest absolute Gasteiger partial charge is 0.497 e. The topological polar surface area (TPSA) is 29.5 Å². The first kappa shape index (κ1) is 12.4. The molecule has 0 spiro atoms. The summed E-state index contributed by atoms with van der Waals surface area (Å²) in [5, 5.41) is 8.53. The first-order chi connectivity index (χ1) is 7.01. The minimum atomic E-state index is -3.03. The number of halogens is 3. The second-order valence-corrected chi connectivity index (χ2v) is 3.88. The van der Waals surface area contributed by atoms with Crippen LogP contribution in [0.5, 0.6) is 5.75 Å². The molecule has 0 bridgehead atoms. The number of hydrogen-bond acceptors (Lipinski definition) is 2. The summed E-state index contributed by atoms with van der Waals surface area (Å²) in [5.41, 5.74) is -0.141. The third-order valence-electron chi connectivity index (χ3n) is 2.00. The van der Waals surface area contributed by atoms with Crippen LogP contribution in [0, 0.1) is 0 Å². The highest BCUT2D eigenvalue weighted by atomic mass is 79.9. The third kappa shape index (κ3) is 2.89. The van der Waals surface area contributed by atoms with Gasteiger partial charge in [-0.1, -0.05) is 15.9 Å². The molecule has 2 nitrogen and oxygen atoms in total. The van der Waals surface area contributed by atoms with Gasteiger partial charge in [0, 0.05) is 23.1 Å². The van der Waals surface area contributed by atoms with Gasteiger partial charge < -0.3 is 9.84 Å². The third-order valence-corrected chi connectivity index (χ3v) is 2.65. The van der Waals surface area contributed by atoms with Crippen molar-refractivity contribution in [1.29, 1.82) is 0 Å². The van der Waals surface area contributed by atoms with Gasteiger partial charge in [0.25, 0.3) is 5.92 Å². The fourth-order valence-corrected chi connectivity index (χ4v) is 1.84. The normalized spacial score (nSPS) is 11.5. The van der Waals surface area contributed by atoms with E-state index >= 15 is 0 Å². The number of ether oxygens (including phenoxy) is 1. The highest BCUT2D eigenvalue weighted by Crippen LogP contribution is 2.37. The summed E-state index contributed by atoms with van der Waals surface area (Å²) in [6.45, 7) is -0.550. The number of benzene rings is 1. The maximum atomic E-state index is 13.4. The van der Waals surface area contributed by atoms with E-state index in [4.69, 9.17) is 9.84 Å². The number of alkyl halides is 2. The maximum Gasteiger partial charge on any atom is 0.276 e. The Bertz CT molecular complexity index is 342. The predicted octanol–water partition coefficient (Wildman–Crippen LogP) is 2.93. The van der Waals surface area contributed by atoms with Crippen LogP contribution in [-0.2, 0) is 5.92 Å². The highest BCUT2D eigenvalue weighted by Gasteiger charge is 2.32. The van der Waals surface area contributed by atoms with E-state index in [0.29, 0.717) is 5.75 Å². The molecule has 0 aliphatic rings. The van der Waals surface area contributed by atoms with Crippen molar-refractivity contribution in [2.75, 3.05) is 13.7 Å². The lowest BCUT2D eigenvalue weighted by Gasteiger charge is -2.17. The van der Waals surface area contributed by atoms with E-state index in [-0.39, 0.29) is 10.0 Å². The van der Waals surface area contributed by atoms with Gasteiger partial charge in [0.05, 0.1) is 7.11 Å². The summed E-state index contributed by atoms with van der Waals surface area (Å²) in [7, 11) is 1.47. The molecule has 84 valence electrons. The number of rotatable bonds is 4. The van der Waals surface area contributed by atoms with Crippen LogP contribution in [0.3, 0.4) is 0 Å². The van der Waals surface area contributed by atoms with Gasteiger partial charge in [-0.05, 0) is 18.2 Å². The fourth-order valence-electron chi connectivity index (χ4n) is 1.19. The predicted molar refractivity (Wildman–Crippen MR) is 56.3 cm³/mol. The van der Waals surface area contributed by atoms with Gasteiger partial charge in [0.2, 0.25) is 0 Å². The van der Waals surface area contributed by atoms with Crippen LogP contribution in [0.25, 0.3) is 0 Å². The van der Waals surface area contributed by atoms with Crippen molar-refractivity contribution in [2.45, 2.75) is 12.3 Å². The van der Waals surface area contributed by atoms with Crippen LogP contribution in [0.4, 0.5) is 8.78 Å². The molecule has 5 heteroatoms. The van der Waals surface area contributed by atoms with Gasteiger partial charge in [-0.25, -0.2) is 8.78 Å². The van der Waals surface area contributed by atoms with Crippen molar-refractivity contribution < 1.29 is 18.6 Å². The maximum absolute atomic E-state index is 13.4. The zero-order chi connectivity index (χ0) is 11.5. The first-order valence-corrected chi connectivity index (χ1v) is 5.13. The zero-order valence-electron chi connectivity index (χ0n) is 8.14. The van der Waals surface area contributed by atoms with E-state index < -0.39 is 19.0 Å². The van der Waals surface area contributed by atoms with Crippen molar-refractivity contribution in [1.82, 2.24) is 0 Å². The Labute approximate surface area is 95.0 Å². The van der Waals surface area contributed by atoms with Crippen LogP contribution < -0.4 is 4.74 Å². The number of methoxy groups -OCH3 is 1. The van der Waals surface area contributed by atoms with Crippen LogP contribution >= 0.6 is 15.9 Å². The second kappa shape index (κ2) is 4.90. The molecule has 0 saturated carbocycles. The van der Waals surface area contributed by atoms with E-state index in [1.165, 1.54) is 25.3 Å². The molecule has 15 heavy (non-hydrogen) atoms. The molecule has 0 fully saturated rings. The monoisotopic (exact) mass is 280 g/mol. The summed E-state index contributed by atoms with van der Waals surface area (Å²) in [6.07, 6.45) is -0.585. The van der Waals surface area contributed by atoms with E-state index in [9.17, 15) is 8.78 Å². The van der Waals surface area contributed by atoms with E-state index in [1.54, 1.807) is 0 Å². The lowest BCUT2D eigenvalue weighted by molar-refractivity contribution is -0.0276. The summed E-state index contributed by atoms with van der Waals surface area (Å²) in [5.74, 6) is -2.52. The van der Waals surface area contributed by atoms with Crippen molar-refractivity contribution in [2.24, 2.45) is 0 Å². The standard InChI is InChI=1S/C10H11BrF2O2/c1-15-7-2-3-8(9(11)6-7)10(12,13)4-5-14/h2-3,6,14H,4-5H2,1H3. The van der Waals surface area contributed by atoms with Gasteiger partial charge >= 0.3 is 0 Å². The molecule has 0 unspecified atom stereocenters. The molecule has 0 amide bonds. The van der Waals surface area contributed by atoms with Crippen LogP contribution in [0.1, 0.15) is 12.0 Å². The molecule has 0 aliphatic heterocycles. The Hall–Kier alpha value is -0.680. The Morgan fingerprint density at radius 2 is 2.13 bits per heavy atom. The Morgan fingerprint density at radius 1 is 1.47 bits per heavy atom. The van der Waals surface area contributed by atoms with Crippen molar-refractivity contribution in [3.05, 3.63) is 28.2 Å². The number of aliphatic hydroxyl groups is 1. The van der Waals surface area contributed by atoms with Gasteiger partial charge in [0.1, 0.15) is 5.75 Å². The Kier molecular flexibility index (Phi) is 4.04. The summed E-state index contributed by atoms with van der Waals surface area (Å²) >= 11 is 3.05. The van der Waals surface area contributed by atoms with Gasteiger partial charge in [-0.3, -0.25) is 0 Å².